The maximum absolute atomic E-state index is 11.2. The van der Waals surface area contributed by atoms with E-state index >= 15 is 0 Å². The number of carbonyl (C=O) groups is 1. The van der Waals surface area contributed by atoms with E-state index in [1.54, 1.807) is 29.5 Å². The quantitative estimate of drug-likeness (QED) is 0.814. The number of hydrogen-bond acceptors (Lipinski definition) is 5. The average molecular weight is 277 g/mol. The molecule has 0 saturated heterocycles. The molecule has 0 fully saturated rings. The molecule has 1 heterocycles. The van der Waals surface area contributed by atoms with Crippen molar-refractivity contribution in [3.8, 4) is 5.75 Å². The predicted molar refractivity (Wildman–Crippen MR) is 75.4 cm³/mol. The van der Waals surface area contributed by atoms with E-state index in [1.807, 2.05) is 12.4 Å². The number of nitrogen functional groups attached to an aromatic ring is 1. The Balaban J connectivity index is 2.02. The number of thiazole rings is 1. The van der Waals surface area contributed by atoms with E-state index in [1.165, 1.54) is 4.88 Å². The second-order valence-electron chi connectivity index (χ2n) is 4.04. The molecule has 19 heavy (non-hydrogen) atoms. The van der Waals surface area contributed by atoms with Crippen LogP contribution in [0.25, 0.3) is 0 Å². The number of aromatic nitrogens is 1. The Morgan fingerprint density at radius 1 is 1.47 bits per heavy atom. The van der Waals surface area contributed by atoms with Gasteiger partial charge in [0.2, 0.25) is 0 Å². The Bertz CT molecular complexity index is 595. The lowest BCUT2D eigenvalue weighted by Gasteiger charge is -2.10. The molecule has 0 bridgehead atoms. The maximum atomic E-state index is 11.2. The first-order valence-electron chi connectivity index (χ1n) is 5.79. The fraction of sp³-hybridized carbons (Fsp3) is 0.231. The van der Waals surface area contributed by atoms with Crippen molar-refractivity contribution < 1.29 is 9.53 Å². The van der Waals surface area contributed by atoms with E-state index in [0.29, 0.717) is 12.4 Å². The maximum Gasteiger partial charge on any atom is 0.250 e. The number of ether oxygens (including phenoxy) is 1. The molecule has 0 aliphatic rings. The first-order chi connectivity index (χ1) is 9.09. The molecule has 0 unspecified atom stereocenters. The fourth-order valence-corrected chi connectivity index (χ4v) is 2.47. The number of carbonyl (C=O) groups excluding carboxylic acids is 1. The summed E-state index contributed by atoms with van der Waals surface area (Å²) in [6.07, 6.45) is 0.761. The normalized spacial score (nSPS) is 10.4. The first kappa shape index (κ1) is 13.4. The van der Waals surface area contributed by atoms with Crippen LogP contribution in [0.5, 0.6) is 5.75 Å². The third-order valence-electron chi connectivity index (χ3n) is 2.76. The second kappa shape index (κ2) is 5.71. The highest BCUT2D eigenvalue weighted by atomic mass is 32.1. The lowest BCUT2D eigenvalue weighted by Crippen LogP contribution is -2.14. The van der Waals surface area contributed by atoms with Gasteiger partial charge in [-0.25, -0.2) is 4.98 Å². The molecule has 0 aliphatic heterocycles. The smallest absolute Gasteiger partial charge is 0.250 e. The van der Waals surface area contributed by atoms with Gasteiger partial charge in [0.05, 0.1) is 29.1 Å². The van der Waals surface area contributed by atoms with Gasteiger partial charge in [0, 0.05) is 11.3 Å². The molecule has 5 nitrogen and oxygen atoms in total. The lowest BCUT2D eigenvalue weighted by atomic mass is 10.1. The number of aryl methyl sites for hydroxylation is 1. The van der Waals surface area contributed by atoms with Crippen LogP contribution < -0.4 is 16.2 Å². The first-order valence-corrected chi connectivity index (χ1v) is 6.67. The van der Waals surface area contributed by atoms with Crippen molar-refractivity contribution in [2.24, 2.45) is 5.73 Å². The number of hydrogen-bond donors (Lipinski definition) is 2. The van der Waals surface area contributed by atoms with Crippen molar-refractivity contribution in [3.05, 3.63) is 39.8 Å². The summed E-state index contributed by atoms with van der Waals surface area (Å²) < 4.78 is 5.60. The molecule has 0 radical (unpaired) electrons. The Morgan fingerprint density at radius 2 is 2.26 bits per heavy atom. The molecular weight excluding hydrogens is 262 g/mol. The molecule has 0 saturated carbocycles. The molecule has 1 aromatic heterocycles. The van der Waals surface area contributed by atoms with E-state index in [0.717, 1.165) is 12.1 Å². The number of para-hydroxylation sites is 1. The summed E-state index contributed by atoms with van der Waals surface area (Å²) in [5, 5.41) is 0. The van der Waals surface area contributed by atoms with E-state index in [2.05, 4.69) is 4.98 Å². The molecule has 2 rings (SSSR count). The highest BCUT2D eigenvalue weighted by molar-refractivity contribution is 7.09. The van der Waals surface area contributed by atoms with Crippen molar-refractivity contribution in [1.29, 1.82) is 0 Å². The van der Waals surface area contributed by atoms with Crippen molar-refractivity contribution >= 4 is 22.9 Å². The number of benzene rings is 1. The number of primary amides is 1. The summed E-state index contributed by atoms with van der Waals surface area (Å²) >= 11 is 1.60. The third kappa shape index (κ3) is 3.03. The summed E-state index contributed by atoms with van der Waals surface area (Å²) in [7, 11) is 0. The number of nitrogens with two attached hydrogens (primary N) is 2. The summed E-state index contributed by atoms with van der Waals surface area (Å²) in [4.78, 5) is 16.5. The molecule has 1 aromatic carbocycles. The van der Waals surface area contributed by atoms with Crippen LogP contribution in [0.3, 0.4) is 0 Å². The van der Waals surface area contributed by atoms with Gasteiger partial charge in [0.15, 0.2) is 0 Å². The SMILES string of the molecule is Cc1ncsc1CCOc1cccc(C(N)=O)c1N. The van der Waals surface area contributed by atoms with E-state index < -0.39 is 5.91 Å². The van der Waals surface area contributed by atoms with Gasteiger partial charge in [-0.05, 0) is 19.1 Å². The van der Waals surface area contributed by atoms with Crippen molar-refractivity contribution in [3.63, 3.8) is 0 Å². The van der Waals surface area contributed by atoms with Crippen molar-refractivity contribution in [2.75, 3.05) is 12.3 Å². The second-order valence-corrected chi connectivity index (χ2v) is 4.98. The van der Waals surface area contributed by atoms with E-state index in [-0.39, 0.29) is 11.3 Å². The van der Waals surface area contributed by atoms with Crippen LogP contribution in [0.15, 0.2) is 23.7 Å². The summed E-state index contributed by atoms with van der Waals surface area (Å²) in [5.41, 5.74) is 14.5. The van der Waals surface area contributed by atoms with Gasteiger partial charge >= 0.3 is 0 Å². The molecule has 100 valence electrons. The summed E-state index contributed by atoms with van der Waals surface area (Å²) in [6, 6.07) is 5.00. The topological polar surface area (TPSA) is 91.2 Å². The number of anilines is 1. The van der Waals surface area contributed by atoms with Crippen molar-refractivity contribution in [2.45, 2.75) is 13.3 Å². The molecular formula is C13H15N3O2S. The van der Waals surface area contributed by atoms with Crippen LogP contribution in [0, 0.1) is 6.92 Å². The van der Waals surface area contributed by atoms with Gasteiger partial charge in [0.25, 0.3) is 5.91 Å². The zero-order valence-electron chi connectivity index (χ0n) is 10.6. The Kier molecular flexibility index (Phi) is 4.01. The average Bonchev–Trinajstić information content (AvgIpc) is 2.77. The van der Waals surface area contributed by atoms with Gasteiger partial charge in [-0.2, -0.15) is 0 Å². The van der Waals surface area contributed by atoms with Crippen LogP contribution in [0.4, 0.5) is 5.69 Å². The largest absolute Gasteiger partial charge is 0.491 e. The Morgan fingerprint density at radius 3 is 2.89 bits per heavy atom. The molecule has 0 aliphatic carbocycles. The van der Waals surface area contributed by atoms with Crippen LogP contribution in [-0.4, -0.2) is 17.5 Å². The van der Waals surface area contributed by atoms with E-state index in [4.69, 9.17) is 16.2 Å². The lowest BCUT2D eigenvalue weighted by molar-refractivity contribution is 0.100. The third-order valence-corrected chi connectivity index (χ3v) is 3.76. The van der Waals surface area contributed by atoms with Crippen LogP contribution in [-0.2, 0) is 6.42 Å². The highest BCUT2D eigenvalue weighted by Crippen LogP contribution is 2.25. The fourth-order valence-electron chi connectivity index (χ4n) is 1.70. The minimum absolute atomic E-state index is 0.284. The number of amides is 1. The monoisotopic (exact) mass is 277 g/mol. The van der Waals surface area contributed by atoms with Gasteiger partial charge in [-0.3, -0.25) is 4.79 Å². The molecule has 6 heteroatoms. The van der Waals surface area contributed by atoms with E-state index in [9.17, 15) is 4.79 Å². The number of rotatable bonds is 5. The van der Waals surface area contributed by atoms with Crippen LogP contribution >= 0.6 is 11.3 Å². The van der Waals surface area contributed by atoms with Gasteiger partial charge in [-0.15, -0.1) is 11.3 Å². The van der Waals surface area contributed by atoms with Crippen molar-refractivity contribution in [1.82, 2.24) is 4.98 Å². The molecule has 2 aromatic rings. The van der Waals surface area contributed by atoms with Gasteiger partial charge in [0.1, 0.15) is 5.75 Å². The minimum atomic E-state index is -0.554. The molecule has 0 spiro atoms. The molecule has 4 N–H and O–H groups in total. The highest BCUT2D eigenvalue weighted by Gasteiger charge is 2.10. The van der Waals surface area contributed by atoms with Crippen LogP contribution in [0.2, 0.25) is 0 Å². The van der Waals surface area contributed by atoms with Gasteiger partial charge < -0.3 is 16.2 Å². The molecule has 0 atom stereocenters. The summed E-state index contributed by atoms with van der Waals surface area (Å²) in [6.45, 7) is 2.45. The zero-order chi connectivity index (χ0) is 13.8. The van der Waals surface area contributed by atoms with Gasteiger partial charge in [-0.1, -0.05) is 6.07 Å². The Hall–Kier alpha value is -2.08. The predicted octanol–water partition coefficient (Wildman–Crippen LogP) is 1.75. The Labute approximate surface area is 115 Å². The van der Waals surface area contributed by atoms with Crippen LogP contribution in [0.1, 0.15) is 20.9 Å². The number of nitrogens with zero attached hydrogens (tertiary/aromatic N) is 1. The minimum Gasteiger partial charge on any atom is -0.491 e. The summed E-state index contributed by atoms with van der Waals surface area (Å²) in [5.74, 6) is -0.0697. The standard InChI is InChI=1S/C13H15N3O2S/c1-8-11(19-7-16-8)5-6-18-10-4-2-3-9(12(10)14)13(15)17/h2-4,7H,5-6,14H2,1H3,(H2,15,17). The molecule has 1 amide bonds. The zero-order valence-corrected chi connectivity index (χ0v) is 11.4.